The Morgan fingerprint density at radius 2 is 1.84 bits per heavy atom. The van der Waals surface area contributed by atoms with E-state index in [2.05, 4.69) is 0 Å². The van der Waals surface area contributed by atoms with Crippen LogP contribution in [-0.4, -0.2) is 5.78 Å². The van der Waals surface area contributed by atoms with Gasteiger partial charge < -0.3 is 4.74 Å². The van der Waals surface area contributed by atoms with Crippen molar-refractivity contribution in [3.63, 3.8) is 0 Å². The molecule has 0 unspecified atom stereocenters. The second-order valence-corrected chi connectivity index (χ2v) is 4.99. The van der Waals surface area contributed by atoms with Gasteiger partial charge in [0.05, 0.1) is 5.56 Å². The van der Waals surface area contributed by atoms with E-state index in [4.69, 9.17) is 27.9 Å². The summed E-state index contributed by atoms with van der Waals surface area (Å²) in [6.45, 7) is 1.83. The highest BCUT2D eigenvalue weighted by Crippen LogP contribution is 2.24. The monoisotopic (exact) mass is 294 g/mol. The summed E-state index contributed by atoms with van der Waals surface area (Å²) in [7, 11) is 0. The predicted molar refractivity (Wildman–Crippen MR) is 77.2 cm³/mol. The van der Waals surface area contributed by atoms with Crippen LogP contribution in [0.5, 0.6) is 5.75 Å². The molecular formula is C15H12Cl2O2. The maximum absolute atomic E-state index is 11.5. The number of hydrogen-bond donors (Lipinski definition) is 0. The standard InChI is InChI=1S/C15H12Cl2O2/c1-10(18)14-8-13(17)5-6-15(14)19-9-11-3-2-4-12(16)7-11/h2-8H,9H2,1H3. The molecule has 2 rings (SSSR count). The first-order valence-corrected chi connectivity index (χ1v) is 6.49. The van der Waals surface area contributed by atoms with Crippen molar-refractivity contribution in [2.24, 2.45) is 0 Å². The Labute approximate surface area is 121 Å². The van der Waals surface area contributed by atoms with E-state index < -0.39 is 0 Å². The van der Waals surface area contributed by atoms with Crippen LogP contribution in [-0.2, 0) is 6.61 Å². The molecule has 0 spiro atoms. The average molecular weight is 295 g/mol. The van der Waals surface area contributed by atoms with Crippen LogP contribution in [0.4, 0.5) is 0 Å². The van der Waals surface area contributed by atoms with Gasteiger partial charge >= 0.3 is 0 Å². The molecule has 0 aliphatic heterocycles. The molecule has 0 N–H and O–H groups in total. The zero-order valence-corrected chi connectivity index (χ0v) is 11.8. The van der Waals surface area contributed by atoms with E-state index in [1.54, 1.807) is 24.3 Å². The topological polar surface area (TPSA) is 26.3 Å². The molecule has 0 atom stereocenters. The molecule has 0 heterocycles. The summed E-state index contributed by atoms with van der Waals surface area (Å²) in [5.74, 6) is 0.445. The Morgan fingerprint density at radius 1 is 1.11 bits per heavy atom. The normalized spacial score (nSPS) is 10.3. The van der Waals surface area contributed by atoms with Gasteiger partial charge in [0.1, 0.15) is 12.4 Å². The van der Waals surface area contributed by atoms with E-state index in [0.29, 0.717) is 28.0 Å². The molecule has 4 heteroatoms. The van der Waals surface area contributed by atoms with Crippen molar-refractivity contribution in [1.29, 1.82) is 0 Å². The van der Waals surface area contributed by atoms with Crippen molar-refractivity contribution < 1.29 is 9.53 Å². The van der Waals surface area contributed by atoms with Gasteiger partial charge in [-0.25, -0.2) is 0 Å². The molecule has 0 saturated heterocycles. The summed E-state index contributed by atoms with van der Waals surface area (Å²) >= 11 is 11.8. The number of carbonyl (C=O) groups excluding carboxylic acids is 1. The quantitative estimate of drug-likeness (QED) is 0.759. The van der Waals surface area contributed by atoms with Gasteiger partial charge in [-0.15, -0.1) is 0 Å². The van der Waals surface area contributed by atoms with Crippen molar-refractivity contribution >= 4 is 29.0 Å². The average Bonchev–Trinajstić information content (AvgIpc) is 2.37. The minimum atomic E-state index is -0.0800. The van der Waals surface area contributed by atoms with Crippen LogP contribution in [0.1, 0.15) is 22.8 Å². The molecule has 2 nitrogen and oxygen atoms in total. The predicted octanol–water partition coefficient (Wildman–Crippen LogP) is 4.78. The summed E-state index contributed by atoms with van der Waals surface area (Å²) in [5, 5.41) is 1.17. The fourth-order valence-corrected chi connectivity index (χ4v) is 2.08. The summed E-state index contributed by atoms with van der Waals surface area (Å²) in [5.41, 5.74) is 1.42. The molecule has 0 bridgehead atoms. The van der Waals surface area contributed by atoms with Crippen LogP contribution in [0.25, 0.3) is 0 Å². The molecule has 2 aromatic rings. The number of benzene rings is 2. The Kier molecular flexibility index (Phi) is 4.46. The third kappa shape index (κ3) is 3.72. The second-order valence-electron chi connectivity index (χ2n) is 4.12. The number of ketones is 1. The molecule has 19 heavy (non-hydrogen) atoms. The lowest BCUT2D eigenvalue weighted by atomic mass is 10.1. The molecule has 0 aliphatic carbocycles. The van der Waals surface area contributed by atoms with Crippen molar-refractivity contribution in [1.82, 2.24) is 0 Å². The van der Waals surface area contributed by atoms with Crippen molar-refractivity contribution in [3.05, 3.63) is 63.6 Å². The fraction of sp³-hybridized carbons (Fsp3) is 0.133. The molecule has 0 amide bonds. The fourth-order valence-electron chi connectivity index (χ4n) is 1.69. The summed E-state index contributed by atoms with van der Waals surface area (Å²) < 4.78 is 5.66. The van der Waals surface area contributed by atoms with Crippen molar-refractivity contribution in [2.45, 2.75) is 13.5 Å². The van der Waals surface area contributed by atoms with Gasteiger partial charge in [0.2, 0.25) is 0 Å². The van der Waals surface area contributed by atoms with Gasteiger partial charge in [-0.3, -0.25) is 4.79 Å². The first-order valence-electron chi connectivity index (χ1n) is 5.74. The van der Waals surface area contributed by atoms with Crippen LogP contribution in [0, 0.1) is 0 Å². The van der Waals surface area contributed by atoms with E-state index in [1.165, 1.54) is 6.92 Å². The molecular weight excluding hydrogens is 283 g/mol. The van der Waals surface area contributed by atoms with Gasteiger partial charge in [-0.2, -0.15) is 0 Å². The van der Waals surface area contributed by atoms with Crippen molar-refractivity contribution in [2.75, 3.05) is 0 Å². The SMILES string of the molecule is CC(=O)c1cc(Cl)ccc1OCc1cccc(Cl)c1. The first kappa shape index (κ1) is 13.9. The van der Waals surface area contributed by atoms with E-state index >= 15 is 0 Å². The zero-order valence-electron chi connectivity index (χ0n) is 10.3. The van der Waals surface area contributed by atoms with E-state index in [9.17, 15) is 4.79 Å². The van der Waals surface area contributed by atoms with Crippen molar-refractivity contribution in [3.8, 4) is 5.75 Å². The Morgan fingerprint density at radius 3 is 2.53 bits per heavy atom. The van der Waals surface area contributed by atoms with Crippen LogP contribution in [0.3, 0.4) is 0 Å². The lowest BCUT2D eigenvalue weighted by Crippen LogP contribution is -2.01. The molecule has 0 fully saturated rings. The molecule has 2 aromatic carbocycles. The smallest absolute Gasteiger partial charge is 0.163 e. The van der Waals surface area contributed by atoms with Gasteiger partial charge in [0.15, 0.2) is 5.78 Å². The number of ether oxygens (including phenoxy) is 1. The van der Waals surface area contributed by atoms with Crippen LogP contribution >= 0.6 is 23.2 Å². The van der Waals surface area contributed by atoms with Gasteiger partial charge in [-0.05, 0) is 42.8 Å². The highest BCUT2D eigenvalue weighted by molar-refractivity contribution is 6.31. The number of halogens is 2. The number of Topliss-reactive ketones (excluding diaryl/α,β-unsaturated/α-hetero) is 1. The molecule has 0 aromatic heterocycles. The van der Waals surface area contributed by atoms with Gasteiger partial charge in [0, 0.05) is 10.0 Å². The van der Waals surface area contributed by atoms with Gasteiger partial charge in [0.25, 0.3) is 0 Å². The number of hydrogen-bond acceptors (Lipinski definition) is 2. The minimum absolute atomic E-state index is 0.0800. The second kappa shape index (κ2) is 6.09. The summed E-state index contributed by atoms with van der Waals surface area (Å²) in [6, 6.07) is 12.4. The van der Waals surface area contributed by atoms with E-state index in [1.807, 2.05) is 18.2 Å². The molecule has 0 radical (unpaired) electrons. The Bertz CT molecular complexity index is 609. The highest BCUT2D eigenvalue weighted by Gasteiger charge is 2.09. The summed E-state index contributed by atoms with van der Waals surface area (Å²) in [6.07, 6.45) is 0. The van der Waals surface area contributed by atoms with Crippen LogP contribution in [0.15, 0.2) is 42.5 Å². The number of rotatable bonds is 4. The Balaban J connectivity index is 2.17. The lowest BCUT2D eigenvalue weighted by Gasteiger charge is -2.10. The van der Waals surface area contributed by atoms with Gasteiger partial charge in [-0.1, -0.05) is 35.3 Å². The minimum Gasteiger partial charge on any atom is -0.488 e. The third-order valence-corrected chi connectivity index (χ3v) is 3.07. The third-order valence-electron chi connectivity index (χ3n) is 2.60. The number of carbonyl (C=O) groups is 1. The first-order chi connectivity index (χ1) is 9.06. The zero-order chi connectivity index (χ0) is 13.8. The molecule has 98 valence electrons. The highest BCUT2D eigenvalue weighted by atomic mass is 35.5. The van der Waals surface area contributed by atoms with Crippen LogP contribution in [0.2, 0.25) is 10.0 Å². The lowest BCUT2D eigenvalue weighted by molar-refractivity contribution is 0.101. The molecule has 0 saturated carbocycles. The van der Waals surface area contributed by atoms with Crippen LogP contribution < -0.4 is 4.74 Å². The largest absolute Gasteiger partial charge is 0.488 e. The maximum atomic E-state index is 11.5. The van der Waals surface area contributed by atoms with E-state index in [0.717, 1.165) is 5.56 Å². The molecule has 0 aliphatic rings. The Hall–Kier alpha value is -1.51. The summed E-state index contributed by atoms with van der Waals surface area (Å²) in [4.78, 5) is 11.5. The maximum Gasteiger partial charge on any atom is 0.163 e. The van der Waals surface area contributed by atoms with E-state index in [-0.39, 0.29) is 5.78 Å².